The van der Waals surface area contributed by atoms with Crippen LogP contribution in [-0.2, 0) is 10.0 Å². The Morgan fingerprint density at radius 3 is 2.89 bits per heavy atom. The van der Waals surface area contributed by atoms with E-state index in [2.05, 4.69) is 9.71 Å². The molecule has 1 atom stereocenters. The zero-order chi connectivity index (χ0) is 13.3. The lowest BCUT2D eigenvalue weighted by Gasteiger charge is -2.07. The van der Waals surface area contributed by atoms with E-state index in [0.29, 0.717) is 16.6 Å². The number of hydrogen-bond acceptors (Lipinski definition) is 4. The zero-order valence-corrected chi connectivity index (χ0v) is 10.7. The molecule has 0 spiro atoms. The van der Waals surface area contributed by atoms with Crippen molar-refractivity contribution in [2.45, 2.75) is 17.9 Å². The van der Waals surface area contributed by atoms with Crippen LogP contribution in [0.3, 0.4) is 0 Å². The van der Waals surface area contributed by atoms with Crippen LogP contribution in [-0.4, -0.2) is 31.2 Å². The minimum Gasteiger partial charge on any atom is -0.399 e. The minimum absolute atomic E-state index is 0.0304. The molecule has 0 radical (unpaired) electrons. The van der Waals surface area contributed by atoms with Gasteiger partial charge in [0.1, 0.15) is 4.90 Å². The molecule has 7 heteroatoms. The molecule has 0 saturated heterocycles. The summed E-state index contributed by atoms with van der Waals surface area (Å²) < 4.78 is 26.4. The van der Waals surface area contributed by atoms with Crippen molar-refractivity contribution in [1.82, 2.24) is 9.71 Å². The Bertz CT molecular complexity index is 661. The topological polar surface area (TPSA) is 108 Å². The van der Waals surface area contributed by atoms with E-state index in [1.165, 1.54) is 13.1 Å². The highest BCUT2D eigenvalue weighted by atomic mass is 32.2. The standard InChI is InChI=1S/C11H15N3O3S/c1-7(15)5-14-18(16,17)11-6-13-10-3-2-8(12)4-9(10)11/h2-4,6-7,13-15H,5,12H2,1H3/t7-/m0/s1. The minimum atomic E-state index is -3.65. The number of aliphatic hydroxyl groups excluding tert-OH is 1. The Kier molecular flexibility index (Phi) is 3.29. The number of nitrogens with one attached hydrogen (secondary N) is 2. The summed E-state index contributed by atoms with van der Waals surface area (Å²) in [6.07, 6.45) is 0.670. The molecule has 0 aliphatic rings. The number of anilines is 1. The number of aromatic nitrogens is 1. The Hall–Kier alpha value is -1.57. The van der Waals surface area contributed by atoms with E-state index in [4.69, 9.17) is 10.8 Å². The second-order valence-corrected chi connectivity index (χ2v) is 5.89. The maximum Gasteiger partial charge on any atom is 0.242 e. The van der Waals surface area contributed by atoms with Gasteiger partial charge < -0.3 is 15.8 Å². The van der Waals surface area contributed by atoms with Gasteiger partial charge in [0.2, 0.25) is 10.0 Å². The number of H-pyrrole nitrogens is 1. The lowest BCUT2D eigenvalue weighted by molar-refractivity contribution is 0.198. The van der Waals surface area contributed by atoms with E-state index in [1.807, 2.05) is 0 Å². The van der Waals surface area contributed by atoms with Gasteiger partial charge in [-0.25, -0.2) is 13.1 Å². The normalized spacial score (nSPS) is 13.9. The summed E-state index contributed by atoms with van der Waals surface area (Å²) in [5.74, 6) is 0. The number of fused-ring (bicyclic) bond motifs is 1. The van der Waals surface area contributed by atoms with Crippen LogP contribution in [0.15, 0.2) is 29.3 Å². The largest absolute Gasteiger partial charge is 0.399 e. The number of hydrogen-bond donors (Lipinski definition) is 4. The fourth-order valence-corrected chi connectivity index (χ4v) is 2.93. The average molecular weight is 269 g/mol. The summed E-state index contributed by atoms with van der Waals surface area (Å²) in [7, 11) is -3.65. The van der Waals surface area contributed by atoms with Crippen molar-refractivity contribution >= 4 is 26.6 Å². The van der Waals surface area contributed by atoms with Gasteiger partial charge in [0.05, 0.1) is 6.10 Å². The fourth-order valence-electron chi connectivity index (χ4n) is 1.64. The number of aromatic amines is 1. The van der Waals surface area contributed by atoms with Gasteiger partial charge in [-0.2, -0.15) is 0 Å². The van der Waals surface area contributed by atoms with E-state index in [-0.39, 0.29) is 11.4 Å². The Morgan fingerprint density at radius 1 is 1.50 bits per heavy atom. The predicted molar refractivity (Wildman–Crippen MR) is 69.6 cm³/mol. The first-order chi connectivity index (χ1) is 8.40. The first-order valence-electron chi connectivity index (χ1n) is 5.44. The highest BCUT2D eigenvalue weighted by Gasteiger charge is 2.19. The van der Waals surface area contributed by atoms with Gasteiger partial charge in [-0.3, -0.25) is 0 Å². The second kappa shape index (κ2) is 4.60. The summed E-state index contributed by atoms with van der Waals surface area (Å²) in [6.45, 7) is 1.48. The Labute approximate surface area is 105 Å². The van der Waals surface area contributed by atoms with Crippen molar-refractivity contribution in [2.24, 2.45) is 0 Å². The van der Waals surface area contributed by atoms with Gasteiger partial charge in [0.25, 0.3) is 0 Å². The first kappa shape index (κ1) is 12.9. The molecule has 1 heterocycles. The Balaban J connectivity index is 2.44. The summed E-state index contributed by atoms with van der Waals surface area (Å²) in [4.78, 5) is 3.00. The highest BCUT2D eigenvalue weighted by molar-refractivity contribution is 7.89. The molecule has 98 valence electrons. The summed E-state index contributed by atoms with van der Waals surface area (Å²) in [6, 6.07) is 5.01. The number of aliphatic hydroxyl groups is 1. The van der Waals surface area contributed by atoms with Crippen LogP contribution in [0.1, 0.15) is 6.92 Å². The monoisotopic (exact) mass is 269 g/mol. The van der Waals surface area contributed by atoms with E-state index in [9.17, 15) is 8.42 Å². The molecule has 5 N–H and O–H groups in total. The van der Waals surface area contributed by atoms with Crippen molar-refractivity contribution in [2.75, 3.05) is 12.3 Å². The van der Waals surface area contributed by atoms with Crippen LogP contribution < -0.4 is 10.5 Å². The summed E-state index contributed by atoms with van der Waals surface area (Å²) >= 11 is 0. The van der Waals surface area contributed by atoms with Gasteiger partial charge in [-0.05, 0) is 25.1 Å². The fraction of sp³-hybridized carbons (Fsp3) is 0.273. The maximum absolute atomic E-state index is 12.0. The van der Waals surface area contributed by atoms with Gasteiger partial charge >= 0.3 is 0 Å². The molecular formula is C11H15N3O3S. The summed E-state index contributed by atoms with van der Waals surface area (Å²) in [5, 5.41) is 9.65. The number of benzene rings is 1. The maximum atomic E-state index is 12.0. The number of nitrogens with two attached hydrogens (primary N) is 1. The van der Waals surface area contributed by atoms with Crippen LogP contribution in [0.2, 0.25) is 0 Å². The van der Waals surface area contributed by atoms with E-state index in [0.717, 1.165) is 0 Å². The molecule has 0 unspecified atom stereocenters. The van der Waals surface area contributed by atoms with Gasteiger partial charge in [0, 0.05) is 29.3 Å². The Morgan fingerprint density at radius 2 is 2.22 bits per heavy atom. The van der Waals surface area contributed by atoms with Crippen molar-refractivity contribution in [1.29, 1.82) is 0 Å². The molecule has 0 saturated carbocycles. The highest BCUT2D eigenvalue weighted by Crippen LogP contribution is 2.24. The predicted octanol–water partition coefficient (Wildman–Crippen LogP) is 0.409. The molecule has 6 nitrogen and oxygen atoms in total. The molecule has 2 aromatic rings. The van der Waals surface area contributed by atoms with Crippen molar-refractivity contribution in [3.8, 4) is 0 Å². The molecule has 1 aromatic carbocycles. The van der Waals surface area contributed by atoms with Crippen LogP contribution in [0.5, 0.6) is 0 Å². The number of sulfonamides is 1. The third-order valence-electron chi connectivity index (χ3n) is 2.53. The summed E-state index contributed by atoms with van der Waals surface area (Å²) in [5.41, 5.74) is 6.84. The molecule has 1 aromatic heterocycles. The van der Waals surface area contributed by atoms with Gasteiger partial charge in [-0.1, -0.05) is 0 Å². The molecule has 0 aliphatic carbocycles. The van der Waals surface area contributed by atoms with Crippen LogP contribution in [0.25, 0.3) is 10.9 Å². The van der Waals surface area contributed by atoms with Crippen molar-refractivity contribution in [3.05, 3.63) is 24.4 Å². The molecule has 18 heavy (non-hydrogen) atoms. The molecule has 0 amide bonds. The zero-order valence-electron chi connectivity index (χ0n) is 9.84. The van der Waals surface area contributed by atoms with Gasteiger partial charge in [0.15, 0.2) is 0 Å². The van der Waals surface area contributed by atoms with E-state index >= 15 is 0 Å². The molecule has 2 rings (SSSR count). The SMILES string of the molecule is C[C@H](O)CNS(=O)(=O)c1c[nH]c2ccc(N)cc12. The van der Waals surface area contributed by atoms with E-state index in [1.54, 1.807) is 18.2 Å². The number of nitrogen functional groups attached to an aromatic ring is 1. The third kappa shape index (κ3) is 2.47. The molecule has 0 aliphatic heterocycles. The lowest BCUT2D eigenvalue weighted by Crippen LogP contribution is -2.30. The van der Waals surface area contributed by atoms with Crippen LogP contribution >= 0.6 is 0 Å². The molecule has 0 bridgehead atoms. The van der Waals surface area contributed by atoms with E-state index < -0.39 is 16.1 Å². The average Bonchev–Trinajstić information content (AvgIpc) is 2.70. The number of rotatable bonds is 4. The third-order valence-corrected chi connectivity index (χ3v) is 3.99. The van der Waals surface area contributed by atoms with Crippen molar-refractivity contribution in [3.63, 3.8) is 0 Å². The first-order valence-corrected chi connectivity index (χ1v) is 6.93. The van der Waals surface area contributed by atoms with Gasteiger partial charge in [-0.15, -0.1) is 0 Å². The van der Waals surface area contributed by atoms with Crippen LogP contribution in [0, 0.1) is 0 Å². The molecular weight excluding hydrogens is 254 g/mol. The molecule has 0 fully saturated rings. The lowest BCUT2D eigenvalue weighted by atomic mass is 10.2. The van der Waals surface area contributed by atoms with Crippen LogP contribution in [0.4, 0.5) is 5.69 Å². The smallest absolute Gasteiger partial charge is 0.242 e. The van der Waals surface area contributed by atoms with Crippen molar-refractivity contribution < 1.29 is 13.5 Å². The second-order valence-electron chi connectivity index (χ2n) is 4.16. The quantitative estimate of drug-likeness (QED) is 0.603.